The zero-order chi connectivity index (χ0) is 26.5. The molecule has 14 nitrogen and oxygen atoms in total. The van der Waals surface area contributed by atoms with E-state index in [-0.39, 0.29) is 37.9 Å². The van der Waals surface area contributed by atoms with Gasteiger partial charge in [-0.1, -0.05) is 12.1 Å². The molecule has 0 heterocycles. The molecule has 1 aromatic rings. The number of hydrogen-bond donors (Lipinski definition) is 8. The third kappa shape index (κ3) is 11.5. The molecule has 0 radical (unpaired) electrons. The Morgan fingerprint density at radius 2 is 1.49 bits per heavy atom. The molecule has 0 aliphatic heterocycles. The number of phenolic OH excluding ortho intramolecular Hbond substituents is 1. The third-order valence-corrected chi connectivity index (χ3v) is 4.75. The molecule has 0 fully saturated rings. The Labute approximate surface area is 200 Å². The minimum atomic E-state index is -1.44. The number of primary amides is 1. The molecular formula is C21H29N5O9. The second-order valence-electron chi connectivity index (χ2n) is 7.65. The number of carbonyl (C=O) groups excluding carboxylic acids is 4. The molecule has 0 aromatic heterocycles. The molecule has 1 rings (SSSR count). The summed E-state index contributed by atoms with van der Waals surface area (Å²) in [7, 11) is 0. The first-order valence-electron chi connectivity index (χ1n) is 10.5. The van der Waals surface area contributed by atoms with Gasteiger partial charge in [-0.2, -0.15) is 0 Å². The molecule has 10 N–H and O–H groups in total. The lowest BCUT2D eigenvalue weighted by atomic mass is 10.0. The van der Waals surface area contributed by atoms with Crippen molar-refractivity contribution in [1.29, 1.82) is 0 Å². The van der Waals surface area contributed by atoms with E-state index in [1.807, 2.05) is 0 Å². The molecule has 3 atom stereocenters. The van der Waals surface area contributed by atoms with Crippen LogP contribution >= 0.6 is 0 Å². The summed E-state index contributed by atoms with van der Waals surface area (Å²) in [6.07, 6.45) is -1.13. The quantitative estimate of drug-likeness (QED) is 0.128. The highest BCUT2D eigenvalue weighted by Crippen LogP contribution is 2.12. The van der Waals surface area contributed by atoms with Crippen molar-refractivity contribution in [3.63, 3.8) is 0 Å². The van der Waals surface area contributed by atoms with Crippen molar-refractivity contribution in [2.24, 2.45) is 11.5 Å². The average molecular weight is 495 g/mol. The van der Waals surface area contributed by atoms with Gasteiger partial charge in [-0.05, 0) is 30.5 Å². The Balaban J connectivity index is 2.86. The molecule has 0 bridgehead atoms. The van der Waals surface area contributed by atoms with E-state index in [9.17, 15) is 39.0 Å². The first-order valence-corrected chi connectivity index (χ1v) is 10.5. The Morgan fingerprint density at radius 3 is 2.03 bits per heavy atom. The number of carbonyl (C=O) groups is 6. The molecule has 4 amide bonds. The van der Waals surface area contributed by atoms with Crippen LogP contribution in [-0.4, -0.2) is 75.6 Å². The van der Waals surface area contributed by atoms with E-state index in [4.69, 9.17) is 16.6 Å². The van der Waals surface area contributed by atoms with E-state index < -0.39 is 60.2 Å². The molecule has 0 saturated heterocycles. The first kappa shape index (κ1) is 28.8. The normalized spacial score (nSPS) is 13.1. The van der Waals surface area contributed by atoms with Gasteiger partial charge < -0.3 is 42.7 Å². The number of aliphatic carboxylic acids is 2. The van der Waals surface area contributed by atoms with Crippen molar-refractivity contribution in [3.8, 4) is 5.75 Å². The smallest absolute Gasteiger partial charge is 0.326 e. The van der Waals surface area contributed by atoms with Gasteiger partial charge in [-0.25, -0.2) is 4.79 Å². The van der Waals surface area contributed by atoms with E-state index >= 15 is 0 Å². The molecule has 0 aliphatic rings. The van der Waals surface area contributed by atoms with Crippen LogP contribution in [0.2, 0.25) is 0 Å². The van der Waals surface area contributed by atoms with Gasteiger partial charge in [0.05, 0.1) is 12.6 Å². The van der Waals surface area contributed by atoms with Crippen molar-refractivity contribution in [2.75, 3.05) is 6.54 Å². The number of aromatic hydroxyl groups is 1. The molecule has 35 heavy (non-hydrogen) atoms. The number of nitrogens with two attached hydrogens (primary N) is 2. The van der Waals surface area contributed by atoms with Crippen LogP contribution in [0, 0.1) is 0 Å². The maximum absolute atomic E-state index is 12.8. The number of phenols is 1. The highest BCUT2D eigenvalue weighted by atomic mass is 16.4. The predicted octanol–water partition coefficient (Wildman–Crippen LogP) is -2.44. The first-order chi connectivity index (χ1) is 16.4. The number of carboxylic acid groups (broad SMARTS) is 2. The molecular weight excluding hydrogens is 466 g/mol. The predicted molar refractivity (Wildman–Crippen MR) is 120 cm³/mol. The van der Waals surface area contributed by atoms with E-state index in [2.05, 4.69) is 16.0 Å². The van der Waals surface area contributed by atoms with Crippen LogP contribution in [0.1, 0.15) is 31.2 Å². The van der Waals surface area contributed by atoms with Crippen molar-refractivity contribution in [1.82, 2.24) is 16.0 Å². The Hall–Kier alpha value is -4.20. The van der Waals surface area contributed by atoms with E-state index in [1.54, 1.807) is 0 Å². The maximum Gasteiger partial charge on any atom is 0.326 e. The summed E-state index contributed by atoms with van der Waals surface area (Å²) in [4.78, 5) is 70.1. The van der Waals surface area contributed by atoms with Gasteiger partial charge in [0, 0.05) is 19.3 Å². The summed E-state index contributed by atoms with van der Waals surface area (Å²) in [5.41, 5.74) is 11.1. The van der Waals surface area contributed by atoms with Crippen LogP contribution in [0.4, 0.5) is 0 Å². The Morgan fingerprint density at radius 1 is 0.857 bits per heavy atom. The molecule has 14 heteroatoms. The zero-order valence-corrected chi connectivity index (χ0v) is 18.7. The highest BCUT2D eigenvalue weighted by Gasteiger charge is 2.27. The standard InChI is InChI=1S/C21H29N5O9/c22-13(5-8-18(30)31)19(32)24-10-17(29)25-15(9-11-1-3-12(27)4-2-11)20(33)26-14(21(34)35)6-7-16(23)28/h1-4,13-15,27H,5-10,22H2,(H2,23,28)(H,24,32)(H,25,29)(H,26,33)(H,30,31)(H,34,35). The minimum absolute atomic E-state index is 0.0295. The lowest BCUT2D eigenvalue weighted by Gasteiger charge is -2.22. The van der Waals surface area contributed by atoms with E-state index in [1.165, 1.54) is 24.3 Å². The number of carboxylic acids is 2. The third-order valence-electron chi connectivity index (χ3n) is 4.75. The number of benzene rings is 1. The summed E-state index contributed by atoms with van der Waals surface area (Å²) < 4.78 is 0. The largest absolute Gasteiger partial charge is 0.508 e. The number of nitrogens with one attached hydrogen (secondary N) is 3. The van der Waals surface area contributed by atoms with E-state index in [0.29, 0.717) is 5.56 Å². The lowest BCUT2D eigenvalue weighted by Crippen LogP contribution is -2.54. The lowest BCUT2D eigenvalue weighted by molar-refractivity contribution is -0.142. The molecule has 0 spiro atoms. The van der Waals surface area contributed by atoms with Gasteiger partial charge in [0.15, 0.2) is 0 Å². The van der Waals surface area contributed by atoms with Gasteiger partial charge in [0.1, 0.15) is 17.8 Å². The topological polar surface area (TPSA) is 251 Å². The van der Waals surface area contributed by atoms with Gasteiger partial charge in [0.25, 0.3) is 0 Å². The average Bonchev–Trinajstić information content (AvgIpc) is 2.78. The summed E-state index contributed by atoms with van der Waals surface area (Å²) in [5.74, 6) is -5.76. The van der Waals surface area contributed by atoms with Gasteiger partial charge in [0.2, 0.25) is 23.6 Å². The number of amides is 4. The Bertz CT molecular complexity index is 936. The molecule has 0 aliphatic carbocycles. The molecule has 0 saturated carbocycles. The minimum Gasteiger partial charge on any atom is -0.508 e. The second-order valence-corrected chi connectivity index (χ2v) is 7.65. The fraction of sp³-hybridized carbons (Fsp3) is 0.429. The maximum atomic E-state index is 12.8. The van der Waals surface area contributed by atoms with Crippen molar-refractivity contribution in [2.45, 2.75) is 50.2 Å². The van der Waals surface area contributed by atoms with Crippen LogP contribution < -0.4 is 27.4 Å². The monoisotopic (exact) mass is 495 g/mol. The van der Waals surface area contributed by atoms with Crippen LogP contribution in [0.5, 0.6) is 5.75 Å². The van der Waals surface area contributed by atoms with Crippen LogP contribution in [-0.2, 0) is 35.2 Å². The zero-order valence-electron chi connectivity index (χ0n) is 18.7. The van der Waals surface area contributed by atoms with Gasteiger partial charge in [-0.15, -0.1) is 0 Å². The summed E-state index contributed by atoms with van der Waals surface area (Å²) in [5, 5.41) is 34.3. The molecule has 192 valence electrons. The number of hydrogen-bond acceptors (Lipinski definition) is 8. The van der Waals surface area contributed by atoms with Gasteiger partial charge in [-0.3, -0.25) is 24.0 Å². The van der Waals surface area contributed by atoms with Crippen LogP contribution in [0.25, 0.3) is 0 Å². The van der Waals surface area contributed by atoms with Crippen molar-refractivity contribution < 1.29 is 44.1 Å². The fourth-order valence-corrected chi connectivity index (χ4v) is 2.85. The summed E-state index contributed by atoms with van der Waals surface area (Å²) >= 11 is 0. The molecule has 3 unspecified atom stereocenters. The Kier molecular flexibility index (Phi) is 11.7. The SMILES string of the molecule is NC(=O)CCC(NC(=O)C(Cc1ccc(O)cc1)NC(=O)CNC(=O)C(N)CCC(=O)O)C(=O)O. The summed E-state index contributed by atoms with van der Waals surface area (Å²) in [6.45, 7) is -0.580. The van der Waals surface area contributed by atoms with Gasteiger partial charge >= 0.3 is 11.9 Å². The van der Waals surface area contributed by atoms with Crippen molar-refractivity contribution in [3.05, 3.63) is 29.8 Å². The summed E-state index contributed by atoms with van der Waals surface area (Å²) in [6, 6.07) is 1.83. The van der Waals surface area contributed by atoms with E-state index in [0.717, 1.165) is 0 Å². The fourth-order valence-electron chi connectivity index (χ4n) is 2.85. The van der Waals surface area contributed by atoms with Crippen LogP contribution in [0.15, 0.2) is 24.3 Å². The molecule has 1 aromatic carbocycles. The number of rotatable bonds is 15. The second kappa shape index (κ2) is 14.1. The van der Waals surface area contributed by atoms with Crippen LogP contribution in [0.3, 0.4) is 0 Å². The highest BCUT2D eigenvalue weighted by molar-refractivity contribution is 5.92. The van der Waals surface area contributed by atoms with Crippen molar-refractivity contribution >= 4 is 35.6 Å².